The summed E-state index contributed by atoms with van der Waals surface area (Å²) in [6.07, 6.45) is 3.88. The fourth-order valence-corrected chi connectivity index (χ4v) is 10.7. The van der Waals surface area contributed by atoms with E-state index in [2.05, 4.69) is 73.4 Å². The van der Waals surface area contributed by atoms with Crippen LogP contribution in [0.3, 0.4) is 0 Å². The molecule has 4 aromatic rings. The van der Waals surface area contributed by atoms with Gasteiger partial charge in [-0.25, -0.2) is 5.43 Å². The highest BCUT2D eigenvalue weighted by atomic mass is 16.5. The number of ether oxygens (including phenoxy) is 1. The van der Waals surface area contributed by atoms with Gasteiger partial charge in [0.2, 0.25) is 17.7 Å². The molecule has 6 heterocycles. The molecule has 4 N–H and O–H groups in total. The van der Waals surface area contributed by atoms with Crippen molar-refractivity contribution < 1.29 is 33.8 Å². The lowest BCUT2D eigenvalue weighted by Gasteiger charge is -2.37. The number of aromatic hydroxyl groups is 1. The van der Waals surface area contributed by atoms with Crippen LogP contribution in [-0.4, -0.2) is 123 Å². The number of cyclic esters (lactones) is 1. The Kier molecular flexibility index (Phi) is 13.6. The Labute approximate surface area is 394 Å². The Bertz CT molecular complexity index is 2560. The third-order valence-electron chi connectivity index (χ3n) is 14.2. The molecular weight excluding hydrogens is 849 g/mol. The third kappa shape index (κ3) is 9.67. The average Bonchev–Trinajstić information content (AvgIpc) is 4.02. The number of carbonyl (C=O) groups is 5. The lowest BCUT2D eigenvalue weighted by Crippen LogP contribution is -2.62. The average molecular weight is 917 g/mol. The molecule has 0 radical (unpaired) electrons. The molecule has 8 rings (SSSR count). The summed E-state index contributed by atoms with van der Waals surface area (Å²) in [5.74, 6) is -2.34. The maximum Gasteiger partial charge on any atom is 0.324 e. The number of hydrogen-bond donors (Lipinski definition) is 4. The molecule has 2 aromatic heterocycles. The molecular formula is C52H68N8O7. The monoisotopic (exact) mass is 917 g/mol. The van der Waals surface area contributed by atoms with E-state index in [1.807, 2.05) is 45.2 Å². The number of nitrogens with zero attached hydrogens (tertiary/aromatic N) is 5. The van der Waals surface area contributed by atoms with Gasteiger partial charge in [0, 0.05) is 73.8 Å². The number of rotatable bonds is 9. The second-order valence-electron chi connectivity index (χ2n) is 20.6. The van der Waals surface area contributed by atoms with Crippen LogP contribution >= 0.6 is 0 Å². The number of carbonyl (C=O) groups excluding carboxylic acids is 5. The minimum atomic E-state index is -1.15. The molecule has 2 aromatic carbocycles. The maximum atomic E-state index is 14.8. The Morgan fingerprint density at radius 1 is 1.03 bits per heavy atom. The summed E-state index contributed by atoms with van der Waals surface area (Å²) in [5.41, 5.74) is 10.1. The van der Waals surface area contributed by atoms with Gasteiger partial charge in [-0.3, -0.25) is 34.0 Å². The summed E-state index contributed by atoms with van der Waals surface area (Å²) < 4.78 is 8.46. The highest BCUT2D eigenvalue weighted by molar-refractivity contribution is 5.96. The van der Waals surface area contributed by atoms with Crippen LogP contribution in [0.25, 0.3) is 33.3 Å². The Hall–Kier alpha value is -5.80. The van der Waals surface area contributed by atoms with E-state index in [-0.39, 0.29) is 61.1 Å². The van der Waals surface area contributed by atoms with Gasteiger partial charge in [0.1, 0.15) is 23.9 Å². The first-order valence-corrected chi connectivity index (χ1v) is 24.2. The van der Waals surface area contributed by atoms with Crippen molar-refractivity contribution in [2.45, 2.75) is 130 Å². The zero-order valence-electron chi connectivity index (χ0n) is 40.5. The second-order valence-corrected chi connectivity index (χ2v) is 20.6. The lowest BCUT2D eigenvalue weighted by molar-refractivity contribution is -0.155. The molecule has 0 saturated carbocycles. The van der Waals surface area contributed by atoms with Crippen LogP contribution in [0.15, 0.2) is 54.7 Å². The van der Waals surface area contributed by atoms with Crippen LogP contribution in [0, 0.1) is 17.3 Å². The van der Waals surface area contributed by atoms with Gasteiger partial charge in [-0.15, -0.1) is 0 Å². The van der Waals surface area contributed by atoms with Gasteiger partial charge in [-0.2, -0.15) is 0 Å². The molecule has 3 fully saturated rings. The Morgan fingerprint density at radius 3 is 2.49 bits per heavy atom. The van der Waals surface area contributed by atoms with Crippen molar-refractivity contribution in [3.8, 4) is 28.1 Å². The first kappa shape index (κ1) is 47.7. The predicted molar refractivity (Wildman–Crippen MR) is 256 cm³/mol. The first-order chi connectivity index (χ1) is 31.9. The van der Waals surface area contributed by atoms with Crippen LogP contribution in [0.5, 0.6) is 5.75 Å². The second kappa shape index (κ2) is 19.1. The van der Waals surface area contributed by atoms with E-state index >= 15 is 0 Å². The van der Waals surface area contributed by atoms with E-state index < -0.39 is 47.2 Å². The SMILES string of the molecule is CCn1c(-c2cccnc2C(C)C)c2c3cc(ccc31)-c1cc(O)cc(c1)C[C@H](NC(=O)[C@H](C(C)C)N(C)C(=O)[C@@H]1CCN(C(=O)[C@@H]3CN3)[C@@H]1C)C(=O)N1CCC[C@H](N1)C(=O)OCC(C)(C)C2. The van der Waals surface area contributed by atoms with Crippen molar-refractivity contribution in [2.75, 3.05) is 33.3 Å². The number of benzene rings is 2. The molecule has 0 unspecified atom stereocenters. The van der Waals surface area contributed by atoms with Crippen LogP contribution in [0.4, 0.5) is 0 Å². The topological polar surface area (TPSA) is 188 Å². The van der Waals surface area contributed by atoms with Crippen molar-refractivity contribution in [3.05, 3.63) is 71.5 Å². The zero-order valence-corrected chi connectivity index (χ0v) is 40.5. The molecule has 4 aliphatic rings. The number of nitrogens with one attached hydrogen (secondary N) is 3. The van der Waals surface area contributed by atoms with Crippen molar-refractivity contribution in [3.63, 3.8) is 0 Å². The molecule has 0 aliphatic carbocycles. The van der Waals surface area contributed by atoms with Gasteiger partial charge < -0.3 is 34.8 Å². The third-order valence-corrected chi connectivity index (χ3v) is 14.2. The number of hydrogen-bond acceptors (Lipinski definition) is 10. The molecule has 67 heavy (non-hydrogen) atoms. The fourth-order valence-electron chi connectivity index (χ4n) is 10.7. The summed E-state index contributed by atoms with van der Waals surface area (Å²) in [7, 11) is 1.61. The number of phenolic OH excluding ortho intramolecular Hbond substituents is 1. The number of esters is 1. The van der Waals surface area contributed by atoms with Gasteiger partial charge in [0.15, 0.2) is 0 Å². The predicted octanol–water partition coefficient (Wildman–Crippen LogP) is 5.56. The van der Waals surface area contributed by atoms with Gasteiger partial charge in [0.05, 0.1) is 30.0 Å². The minimum absolute atomic E-state index is 0.00426. The van der Waals surface area contributed by atoms with Crippen molar-refractivity contribution in [2.24, 2.45) is 17.3 Å². The van der Waals surface area contributed by atoms with E-state index in [1.165, 1.54) is 9.91 Å². The van der Waals surface area contributed by atoms with Gasteiger partial charge >= 0.3 is 5.97 Å². The number of aromatic nitrogens is 2. The van der Waals surface area contributed by atoms with Crippen LogP contribution in [-0.2, 0) is 48.1 Å². The number of likely N-dealkylation sites (N-methyl/N-ethyl adjacent to an activating group) is 1. The quantitative estimate of drug-likeness (QED) is 0.122. The maximum absolute atomic E-state index is 14.8. The summed E-state index contributed by atoms with van der Waals surface area (Å²) in [6, 6.07) is 12.3. The Morgan fingerprint density at radius 2 is 1.79 bits per heavy atom. The normalized spacial score (nSPS) is 23.5. The van der Waals surface area contributed by atoms with Crippen LogP contribution in [0.2, 0.25) is 0 Å². The van der Waals surface area contributed by atoms with Crippen LogP contribution in [0.1, 0.15) is 97.4 Å². The lowest BCUT2D eigenvalue weighted by atomic mass is 9.83. The van der Waals surface area contributed by atoms with Gasteiger partial charge in [0.25, 0.3) is 5.91 Å². The number of pyridine rings is 1. The van der Waals surface area contributed by atoms with E-state index in [1.54, 1.807) is 24.1 Å². The van der Waals surface area contributed by atoms with Crippen molar-refractivity contribution in [1.29, 1.82) is 0 Å². The van der Waals surface area contributed by atoms with Crippen LogP contribution < -0.4 is 16.1 Å². The first-order valence-electron chi connectivity index (χ1n) is 24.2. The summed E-state index contributed by atoms with van der Waals surface area (Å²) >= 11 is 0. The van der Waals surface area contributed by atoms with E-state index in [0.29, 0.717) is 50.9 Å². The standard InChI is InChI=1S/C52H68N8O7/c1-10-58-43-16-15-33-25-38(43)39(46(58)37-13-11-18-53-44(37)29(2)3)26-52(7,8)28-67-51(66)40-14-12-19-60(56-40)50(65)41(23-32-21-34(33)24-35(61)22-32)55-47(62)45(30(4)5)57(9)48(63)36-17-20-59(31(36)6)49(64)42-27-54-42/h11,13,15-16,18,21-22,24-25,29-31,36,40-42,45,54,56,61H,10,12,14,17,19-20,23,26-28H2,1-9H3,(H,55,62)/t31-,36-,40+,41+,42+,45+/m1/s1. The molecule has 3 saturated heterocycles. The smallest absolute Gasteiger partial charge is 0.324 e. The van der Waals surface area contributed by atoms with E-state index in [4.69, 9.17) is 9.72 Å². The molecule has 6 bridgehead atoms. The number of aryl methyl sites for hydroxylation is 1. The number of likely N-dealkylation sites (tertiary alicyclic amines) is 1. The van der Waals surface area contributed by atoms with Gasteiger partial charge in [-0.05, 0) is 110 Å². The van der Waals surface area contributed by atoms with Crippen molar-refractivity contribution >= 4 is 40.5 Å². The summed E-state index contributed by atoms with van der Waals surface area (Å²) in [6.45, 7) is 18.4. The molecule has 4 aliphatic heterocycles. The number of amides is 4. The molecule has 15 nitrogen and oxygen atoms in total. The molecule has 358 valence electrons. The zero-order chi connectivity index (χ0) is 48.1. The molecule has 4 amide bonds. The molecule has 6 atom stereocenters. The fraction of sp³-hybridized carbons (Fsp3) is 0.538. The number of fused-ring (bicyclic) bond motifs is 6. The summed E-state index contributed by atoms with van der Waals surface area (Å²) in [4.78, 5) is 78.6. The van der Waals surface area contributed by atoms with Crippen molar-refractivity contribution in [1.82, 2.24) is 40.4 Å². The molecule has 0 spiro atoms. The molecule has 15 heteroatoms. The highest BCUT2D eigenvalue weighted by Gasteiger charge is 2.46. The largest absolute Gasteiger partial charge is 0.508 e. The number of phenols is 1. The summed E-state index contributed by atoms with van der Waals surface area (Å²) in [5, 5.41) is 19.9. The van der Waals surface area contributed by atoms with E-state index in [9.17, 15) is 29.1 Å². The number of hydrazine groups is 1. The Balaban J connectivity index is 1.18. The van der Waals surface area contributed by atoms with E-state index in [0.717, 1.165) is 44.5 Å². The highest BCUT2D eigenvalue weighted by Crippen LogP contribution is 2.42. The van der Waals surface area contributed by atoms with Gasteiger partial charge in [-0.1, -0.05) is 53.7 Å². The minimum Gasteiger partial charge on any atom is -0.508 e.